The second-order valence-electron chi connectivity index (χ2n) is 9.08. The molecule has 1 N–H and O–H groups in total. The average Bonchev–Trinajstić information content (AvgIpc) is 2.93. The van der Waals surface area contributed by atoms with Crippen molar-refractivity contribution in [1.29, 1.82) is 0 Å². The number of nitrogens with zero attached hydrogens (tertiary/aromatic N) is 2. The first kappa shape index (κ1) is 29.6. The van der Waals surface area contributed by atoms with Crippen molar-refractivity contribution >= 4 is 27.5 Å². The highest BCUT2D eigenvalue weighted by Crippen LogP contribution is 2.23. The van der Waals surface area contributed by atoms with Crippen molar-refractivity contribution in [3.05, 3.63) is 95.8 Å². The van der Waals surface area contributed by atoms with Crippen LogP contribution in [0.3, 0.4) is 0 Å². The molecule has 0 saturated carbocycles. The van der Waals surface area contributed by atoms with Gasteiger partial charge in [-0.05, 0) is 42.3 Å². The maximum Gasteiger partial charge on any atom is 0.244 e. The Balaban J connectivity index is 2.04. The fourth-order valence-corrected chi connectivity index (χ4v) is 4.94. The molecule has 0 aliphatic rings. The molecule has 3 aromatic carbocycles. The molecule has 10 heteroatoms. The molecule has 0 heterocycles. The topological polar surface area (TPSA) is 96.0 Å². The van der Waals surface area contributed by atoms with Gasteiger partial charge in [0, 0.05) is 25.1 Å². The van der Waals surface area contributed by atoms with Crippen molar-refractivity contribution in [2.75, 3.05) is 30.8 Å². The van der Waals surface area contributed by atoms with Crippen LogP contribution >= 0.6 is 0 Å². The minimum atomic E-state index is -3.90. The average molecular weight is 556 g/mol. The monoisotopic (exact) mass is 555 g/mol. The molecule has 3 aromatic rings. The van der Waals surface area contributed by atoms with E-state index in [1.807, 2.05) is 37.3 Å². The summed E-state index contributed by atoms with van der Waals surface area (Å²) in [4.78, 5) is 28.6. The molecule has 8 nitrogen and oxygen atoms in total. The number of hydrogen-bond acceptors (Lipinski definition) is 5. The minimum absolute atomic E-state index is 0.165. The Morgan fingerprint density at radius 1 is 0.974 bits per heavy atom. The van der Waals surface area contributed by atoms with E-state index in [2.05, 4.69) is 5.32 Å². The molecule has 0 aliphatic carbocycles. The lowest BCUT2D eigenvalue weighted by atomic mass is 10.0. The number of rotatable bonds is 13. The van der Waals surface area contributed by atoms with E-state index in [0.717, 1.165) is 16.1 Å². The second kappa shape index (κ2) is 13.7. The van der Waals surface area contributed by atoms with Crippen molar-refractivity contribution < 1.29 is 27.1 Å². The highest BCUT2D eigenvalue weighted by atomic mass is 32.2. The predicted molar refractivity (Wildman–Crippen MR) is 149 cm³/mol. The molecule has 0 spiro atoms. The van der Waals surface area contributed by atoms with Crippen LogP contribution in [0.1, 0.15) is 24.5 Å². The van der Waals surface area contributed by atoms with Gasteiger partial charge in [0.25, 0.3) is 0 Å². The SMILES string of the molecule is CCCNC(=O)[C@@H](Cc1ccccc1)N(Cc1ccccc1F)C(=O)CN(c1ccc(OC)cc1)S(C)(=O)=O. The van der Waals surface area contributed by atoms with Gasteiger partial charge in [0.2, 0.25) is 21.8 Å². The molecule has 0 aromatic heterocycles. The summed E-state index contributed by atoms with van der Waals surface area (Å²) >= 11 is 0. The van der Waals surface area contributed by atoms with E-state index < -0.39 is 40.2 Å². The van der Waals surface area contributed by atoms with Crippen LogP contribution in [0.5, 0.6) is 5.75 Å². The molecule has 2 amide bonds. The van der Waals surface area contributed by atoms with Gasteiger partial charge in [-0.2, -0.15) is 0 Å². The third kappa shape index (κ3) is 8.28. The molecular weight excluding hydrogens is 521 g/mol. The van der Waals surface area contributed by atoms with E-state index >= 15 is 0 Å². The summed E-state index contributed by atoms with van der Waals surface area (Å²) in [5.74, 6) is -1.05. The number of anilines is 1. The quantitative estimate of drug-likeness (QED) is 0.347. The van der Waals surface area contributed by atoms with Crippen LogP contribution < -0.4 is 14.4 Å². The number of carbonyl (C=O) groups is 2. The van der Waals surface area contributed by atoms with E-state index in [4.69, 9.17) is 4.74 Å². The van der Waals surface area contributed by atoms with Gasteiger partial charge >= 0.3 is 0 Å². The van der Waals surface area contributed by atoms with Crippen molar-refractivity contribution in [1.82, 2.24) is 10.2 Å². The van der Waals surface area contributed by atoms with Gasteiger partial charge in [-0.3, -0.25) is 13.9 Å². The Kier molecular flexibility index (Phi) is 10.4. The van der Waals surface area contributed by atoms with Crippen molar-refractivity contribution in [3.63, 3.8) is 0 Å². The van der Waals surface area contributed by atoms with Crippen LogP contribution in [-0.4, -0.2) is 57.6 Å². The standard InChI is InChI=1S/C29H34FN3O5S/c1-4-18-31-29(35)27(19-22-10-6-5-7-11-22)32(20-23-12-8-9-13-26(23)30)28(34)21-33(39(3,36)37)24-14-16-25(38-2)17-15-24/h5-17,27H,4,18-21H2,1-3H3,(H,31,35)/t27-/m1/s1. The third-order valence-corrected chi connectivity index (χ3v) is 7.30. The number of halogens is 1. The van der Waals surface area contributed by atoms with Crippen molar-refractivity contribution in [3.8, 4) is 5.75 Å². The molecule has 39 heavy (non-hydrogen) atoms. The molecule has 208 valence electrons. The first-order valence-electron chi connectivity index (χ1n) is 12.6. The number of carbonyl (C=O) groups excluding carboxylic acids is 2. The van der Waals surface area contributed by atoms with Gasteiger partial charge in [0.1, 0.15) is 24.2 Å². The van der Waals surface area contributed by atoms with Crippen molar-refractivity contribution in [2.24, 2.45) is 0 Å². The zero-order valence-corrected chi connectivity index (χ0v) is 23.2. The van der Waals surface area contributed by atoms with Gasteiger partial charge in [-0.1, -0.05) is 55.5 Å². The molecule has 0 unspecified atom stereocenters. The highest BCUT2D eigenvalue weighted by molar-refractivity contribution is 7.92. The van der Waals surface area contributed by atoms with E-state index in [-0.39, 0.29) is 24.2 Å². The lowest BCUT2D eigenvalue weighted by Crippen LogP contribution is -2.53. The molecule has 0 saturated heterocycles. The predicted octanol–water partition coefficient (Wildman–Crippen LogP) is 3.77. The maximum absolute atomic E-state index is 14.7. The van der Waals surface area contributed by atoms with E-state index in [1.54, 1.807) is 18.2 Å². The van der Waals surface area contributed by atoms with Gasteiger partial charge < -0.3 is 15.0 Å². The first-order chi connectivity index (χ1) is 18.6. The van der Waals surface area contributed by atoms with Gasteiger partial charge in [0.05, 0.1) is 19.1 Å². The number of amides is 2. The van der Waals surface area contributed by atoms with Crippen LogP contribution in [0.2, 0.25) is 0 Å². The molecule has 3 rings (SSSR count). The Morgan fingerprint density at radius 2 is 1.62 bits per heavy atom. The van der Waals surface area contributed by atoms with Gasteiger partial charge in [-0.25, -0.2) is 12.8 Å². The smallest absolute Gasteiger partial charge is 0.244 e. The summed E-state index contributed by atoms with van der Waals surface area (Å²) in [6.45, 7) is 1.51. The lowest BCUT2D eigenvalue weighted by Gasteiger charge is -2.33. The van der Waals surface area contributed by atoms with Gasteiger partial charge in [-0.15, -0.1) is 0 Å². The van der Waals surface area contributed by atoms with Gasteiger partial charge in [0.15, 0.2) is 0 Å². The number of nitrogens with one attached hydrogen (secondary N) is 1. The normalized spacial score (nSPS) is 11.9. The largest absolute Gasteiger partial charge is 0.497 e. The number of sulfonamides is 1. The summed E-state index contributed by atoms with van der Waals surface area (Å²) in [6, 6.07) is 20.4. The van der Waals surface area contributed by atoms with Crippen LogP contribution in [-0.2, 0) is 32.6 Å². The zero-order valence-electron chi connectivity index (χ0n) is 22.3. The van der Waals surface area contributed by atoms with Crippen LogP contribution in [0.4, 0.5) is 10.1 Å². The van der Waals surface area contributed by atoms with Crippen LogP contribution in [0.25, 0.3) is 0 Å². The molecule has 1 atom stereocenters. The summed E-state index contributed by atoms with van der Waals surface area (Å²) in [5.41, 5.74) is 1.27. The summed E-state index contributed by atoms with van der Waals surface area (Å²) in [7, 11) is -2.41. The number of benzene rings is 3. The summed E-state index contributed by atoms with van der Waals surface area (Å²) < 4.78 is 46.4. The van der Waals surface area contributed by atoms with Crippen LogP contribution in [0, 0.1) is 5.82 Å². The molecular formula is C29H34FN3O5S. The third-order valence-electron chi connectivity index (χ3n) is 6.16. The summed E-state index contributed by atoms with van der Waals surface area (Å²) in [6.07, 6.45) is 1.85. The Labute approximate surface area is 229 Å². The Hall–Kier alpha value is -3.92. The number of methoxy groups -OCH3 is 1. The molecule has 0 radical (unpaired) electrons. The minimum Gasteiger partial charge on any atom is -0.497 e. The zero-order chi connectivity index (χ0) is 28.4. The summed E-state index contributed by atoms with van der Waals surface area (Å²) in [5, 5.41) is 2.84. The lowest BCUT2D eigenvalue weighted by molar-refractivity contribution is -0.140. The second-order valence-corrected chi connectivity index (χ2v) is 11.0. The number of ether oxygens (including phenoxy) is 1. The molecule has 0 bridgehead atoms. The van der Waals surface area contributed by atoms with Crippen molar-refractivity contribution in [2.45, 2.75) is 32.4 Å². The molecule has 0 fully saturated rings. The molecule has 0 aliphatic heterocycles. The fourth-order valence-electron chi connectivity index (χ4n) is 4.09. The first-order valence-corrected chi connectivity index (χ1v) is 14.4. The number of hydrogen-bond donors (Lipinski definition) is 1. The fraction of sp³-hybridized carbons (Fsp3) is 0.310. The highest BCUT2D eigenvalue weighted by Gasteiger charge is 2.33. The Bertz CT molecular complexity index is 1350. The van der Waals surface area contributed by atoms with E-state index in [1.165, 1.54) is 42.3 Å². The maximum atomic E-state index is 14.7. The van der Waals surface area contributed by atoms with E-state index in [0.29, 0.717) is 18.7 Å². The Morgan fingerprint density at radius 3 is 2.21 bits per heavy atom. The van der Waals surface area contributed by atoms with E-state index in [9.17, 15) is 22.4 Å². The van der Waals surface area contributed by atoms with Crippen LogP contribution in [0.15, 0.2) is 78.9 Å².